The number of ether oxygens (including phenoxy) is 2. The molecule has 0 bridgehead atoms. The zero-order valence-electron chi connectivity index (χ0n) is 10.6. The van der Waals surface area contributed by atoms with Crippen LogP contribution < -0.4 is 0 Å². The number of unbranched alkanes of at least 4 members (excludes halogenated alkanes) is 3. The summed E-state index contributed by atoms with van der Waals surface area (Å²) in [5.74, 6) is 0. The summed E-state index contributed by atoms with van der Waals surface area (Å²) in [6.45, 7) is 2.49. The van der Waals surface area contributed by atoms with E-state index >= 15 is 0 Å². The molecular weight excluding hydrogens is 249 g/mol. The first-order valence-electron chi connectivity index (χ1n) is 6.47. The molecule has 1 heterocycles. The highest BCUT2D eigenvalue weighted by molar-refractivity contribution is 4.81. The Balaban J connectivity index is 2.27. The number of halogens is 3. The fourth-order valence-electron chi connectivity index (χ4n) is 1.94. The Morgan fingerprint density at radius 1 is 1.22 bits per heavy atom. The molecule has 1 rings (SSSR count). The fraction of sp³-hybridized carbons (Fsp3) is 1.00. The fourth-order valence-corrected chi connectivity index (χ4v) is 1.94. The van der Waals surface area contributed by atoms with Gasteiger partial charge in [0.15, 0.2) is 12.4 Å². The van der Waals surface area contributed by atoms with Crippen LogP contribution in [0, 0.1) is 0 Å². The molecule has 1 fully saturated rings. The van der Waals surface area contributed by atoms with Gasteiger partial charge in [-0.25, -0.2) is 0 Å². The largest absolute Gasteiger partial charge is 0.417 e. The summed E-state index contributed by atoms with van der Waals surface area (Å²) in [7, 11) is 0. The van der Waals surface area contributed by atoms with E-state index in [4.69, 9.17) is 9.47 Å². The summed E-state index contributed by atoms with van der Waals surface area (Å²) in [5.41, 5.74) is 0. The van der Waals surface area contributed by atoms with Gasteiger partial charge in [0.2, 0.25) is 0 Å². The van der Waals surface area contributed by atoms with Gasteiger partial charge in [-0.2, -0.15) is 13.2 Å². The lowest BCUT2D eigenvalue weighted by Gasteiger charge is -2.34. The molecule has 0 aromatic carbocycles. The molecule has 1 N–H and O–H groups in total. The van der Waals surface area contributed by atoms with Crippen molar-refractivity contribution in [3.63, 3.8) is 0 Å². The summed E-state index contributed by atoms with van der Waals surface area (Å²) in [6, 6.07) is 0. The van der Waals surface area contributed by atoms with E-state index < -0.39 is 24.7 Å². The maximum atomic E-state index is 12.5. The first-order chi connectivity index (χ1) is 8.45. The summed E-state index contributed by atoms with van der Waals surface area (Å²) < 4.78 is 47.6. The minimum Gasteiger partial charge on any atom is -0.390 e. The first-order valence-corrected chi connectivity index (χ1v) is 6.47. The van der Waals surface area contributed by atoms with Crippen LogP contribution in [0.25, 0.3) is 0 Å². The first kappa shape index (κ1) is 15.7. The van der Waals surface area contributed by atoms with E-state index in [0.29, 0.717) is 13.0 Å². The van der Waals surface area contributed by atoms with Gasteiger partial charge in [0.25, 0.3) is 0 Å². The van der Waals surface area contributed by atoms with Crippen LogP contribution in [0.15, 0.2) is 0 Å². The van der Waals surface area contributed by atoms with Crippen LogP contribution in [0.4, 0.5) is 13.2 Å². The van der Waals surface area contributed by atoms with Crippen LogP contribution in [0.3, 0.4) is 0 Å². The van der Waals surface area contributed by atoms with Crippen LogP contribution in [0.1, 0.15) is 45.4 Å². The normalized spacial score (nSPS) is 29.5. The molecule has 1 saturated heterocycles. The van der Waals surface area contributed by atoms with Crippen molar-refractivity contribution in [2.45, 2.75) is 70.1 Å². The number of hydrogen-bond acceptors (Lipinski definition) is 3. The molecule has 3 atom stereocenters. The Morgan fingerprint density at radius 2 is 1.94 bits per heavy atom. The van der Waals surface area contributed by atoms with E-state index in [1.54, 1.807) is 0 Å². The van der Waals surface area contributed by atoms with E-state index in [-0.39, 0.29) is 6.42 Å². The second-order valence-corrected chi connectivity index (χ2v) is 4.60. The summed E-state index contributed by atoms with van der Waals surface area (Å²) in [4.78, 5) is 0. The number of aliphatic hydroxyl groups excluding tert-OH is 1. The van der Waals surface area contributed by atoms with Crippen molar-refractivity contribution in [2.75, 3.05) is 6.61 Å². The highest BCUT2D eigenvalue weighted by Crippen LogP contribution is 2.32. The molecule has 108 valence electrons. The van der Waals surface area contributed by atoms with Crippen molar-refractivity contribution in [3.8, 4) is 0 Å². The maximum absolute atomic E-state index is 12.5. The quantitative estimate of drug-likeness (QED) is 0.754. The highest BCUT2D eigenvalue weighted by atomic mass is 19.4. The van der Waals surface area contributed by atoms with Crippen molar-refractivity contribution < 1.29 is 27.8 Å². The third-order valence-electron chi connectivity index (χ3n) is 2.97. The van der Waals surface area contributed by atoms with Gasteiger partial charge in [-0.3, -0.25) is 0 Å². The van der Waals surface area contributed by atoms with Crippen LogP contribution >= 0.6 is 0 Å². The highest BCUT2D eigenvalue weighted by Gasteiger charge is 2.48. The molecule has 6 heteroatoms. The van der Waals surface area contributed by atoms with Gasteiger partial charge >= 0.3 is 6.18 Å². The molecule has 0 aliphatic carbocycles. The topological polar surface area (TPSA) is 38.7 Å². The van der Waals surface area contributed by atoms with Crippen LogP contribution in [-0.2, 0) is 9.47 Å². The summed E-state index contributed by atoms with van der Waals surface area (Å²) in [5, 5.41) is 9.26. The molecular formula is C12H21F3O3. The van der Waals surface area contributed by atoms with Crippen LogP contribution in [0.5, 0.6) is 0 Å². The van der Waals surface area contributed by atoms with Crippen molar-refractivity contribution in [2.24, 2.45) is 0 Å². The van der Waals surface area contributed by atoms with E-state index in [2.05, 4.69) is 6.92 Å². The minimum atomic E-state index is -4.54. The lowest BCUT2D eigenvalue weighted by Crippen LogP contribution is -2.48. The van der Waals surface area contributed by atoms with Gasteiger partial charge in [0.1, 0.15) is 0 Å². The average molecular weight is 270 g/mol. The lowest BCUT2D eigenvalue weighted by molar-refractivity contribution is -0.311. The Labute approximate surface area is 105 Å². The molecule has 0 unspecified atom stereocenters. The lowest BCUT2D eigenvalue weighted by atomic mass is 10.0. The van der Waals surface area contributed by atoms with E-state index in [1.165, 1.54) is 0 Å². The number of alkyl halides is 3. The van der Waals surface area contributed by atoms with Crippen molar-refractivity contribution in [1.82, 2.24) is 0 Å². The van der Waals surface area contributed by atoms with Gasteiger partial charge in [0, 0.05) is 13.0 Å². The average Bonchev–Trinajstić information content (AvgIpc) is 2.29. The minimum absolute atomic E-state index is 0.0593. The van der Waals surface area contributed by atoms with E-state index in [0.717, 1.165) is 25.7 Å². The predicted molar refractivity (Wildman–Crippen MR) is 60.1 cm³/mol. The Hall–Kier alpha value is -0.330. The molecule has 3 nitrogen and oxygen atoms in total. The zero-order chi connectivity index (χ0) is 13.6. The molecule has 18 heavy (non-hydrogen) atoms. The van der Waals surface area contributed by atoms with Crippen LogP contribution in [0.2, 0.25) is 0 Å². The summed E-state index contributed by atoms with van der Waals surface area (Å²) in [6.07, 6.45) is -4.59. The second-order valence-electron chi connectivity index (χ2n) is 4.60. The molecule has 0 aromatic heterocycles. The molecule has 0 aromatic rings. The SMILES string of the molecule is CCCCCCO[C@@H]1CC[C@@H](O)[C@H](C(F)(F)F)O1. The number of aliphatic hydroxyl groups is 1. The summed E-state index contributed by atoms with van der Waals surface area (Å²) >= 11 is 0. The number of rotatable bonds is 6. The molecule has 0 amide bonds. The predicted octanol–water partition coefficient (Wildman–Crippen LogP) is 3.01. The molecule has 0 spiro atoms. The van der Waals surface area contributed by atoms with Gasteiger partial charge < -0.3 is 14.6 Å². The smallest absolute Gasteiger partial charge is 0.390 e. The Kier molecular flexibility index (Phi) is 6.38. The van der Waals surface area contributed by atoms with Crippen molar-refractivity contribution in [1.29, 1.82) is 0 Å². The standard InChI is InChI=1S/C12H21F3O3/c1-2-3-4-5-8-17-10-7-6-9(16)11(18-10)12(13,14)15/h9-11,16H,2-8H2,1H3/t9-,10+,11-/m1/s1. The number of hydrogen-bond donors (Lipinski definition) is 1. The molecule has 1 aliphatic rings. The van der Waals surface area contributed by atoms with E-state index in [1.807, 2.05) is 0 Å². The van der Waals surface area contributed by atoms with Gasteiger partial charge in [-0.15, -0.1) is 0 Å². The molecule has 0 saturated carbocycles. The van der Waals surface area contributed by atoms with Crippen LogP contribution in [-0.4, -0.2) is 36.4 Å². The third kappa shape index (κ3) is 5.12. The zero-order valence-corrected chi connectivity index (χ0v) is 10.6. The van der Waals surface area contributed by atoms with E-state index in [9.17, 15) is 18.3 Å². The second kappa shape index (κ2) is 7.31. The van der Waals surface area contributed by atoms with Gasteiger partial charge in [0.05, 0.1) is 6.10 Å². The van der Waals surface area contributed by atoms with Gasteiger partial charge in [-0.05, 0) is 12.8 Å². The molecule has 1 aliphatic heterocycles. The van der Waals surface area contributed by atoms with Crippen molar-refractivity contribution in [3.05, 3.63) is 0 Å². The monoisotopic (exact) mass is 270 g/mol. The third-order valence-corrected chi connectivity index (χ3v) is 2.97. The Morgan fingerprint density at radius 3 is 2.56 bits per heavy atom. The van der Waals surface area contributed by atoms with Gasteiger partial charge in [-0.1, -0.05) is 26.2 Å². The van der Waals surface area contributed by atoms with Crippen molar-refractivity contribution >= 4 is 0 Å². The maximum Gasteiger partial charge on any atom is 0.417 e. The molecule has 0 radical (unpaired) electrons. The Bertz CT molecular complexity index is 233.